The summed E-state index contributed by atoms with van der Waals surface area (Å²) >= 11 is 0. The van der Waals surface area contributed by atoms with Crippen molar-refractivity contribution >= 4 is 0 Å². The Kier molecular flexibility index (Phi) is 2.07. The molecule has 1 aromatic carbocycles. The van der Waals surface area contributed by atoms with Crippen LogP contribution in [0.4, 0.5) is 0 Å². The molecule has 4 rings (SSSR count). The minimum Gasteiger partial charge on any atom is -0.454 e. The maximum absolute atomic E-state index is 5.42. The smallest absolute Gasteiger partial charge is 0.231 e. The van der Waals surface area contributed by atoms with E-state index >= 15 is 0 Å². The van der Waals surface area contributed by atoms with Crippen LogP contribution in [0.5, 0.6) is 11.5 Å². The van der Waals surface area contributed by atoms with Gasteiger partial charge in [-0.1, -0.05) is 0 Å². The number of nitrogens with one attached hydrogen (secondary N) is 1. The van der Waals surface area contributed by atoms with Crippen molar-refractivity contribution in [1.82, 2.24) is 14.9 Å². The molecular formula is C13H13N3O2. The van der Waals surface area contributed by atoms with Crippen molar-refractivity contribution in [2.45, 2.75) is 13.1 Å². The summed E-state index contributed by atoms with van der Waals surface area (Å²) in [6.45, 7) is 3.10. The van der Waals surface area contributed by atoms with E-state index in [9.17, 15) is 0 Å². The largest absolute Gasteiger partial charge is 0.454 e. The van der Waals surface area contributed by atoms with Crippen LogP contribution in [0.25, 0.3) is 11.3 Å². The molecule has 1 aromatic heterocycles. The van der Waals surface area contributed by atoms with Gasteiger partial charge in [-0.2, -0.15) is 0 Å². The fourth-order valence-corrected chi connectivity index (χ4v) is 2.48. The Hall–Kier alpha value is -2.01. The molecule has 0 fully saturated rings. The highest BCUT2D eigenvalue weighted by Crippen LogP contribution is 2.36. The lowest BCUT2D eigenvalue weighted by atomic mass is 10.1. The lowest BCUT2D eigenvalue weighted by Gasteiger charge is -2.17. The lowest BCUT2D eigenvalue weighted by Crippen LogP contribution is -2.28. The summed E-state index contributed by atoms with van der Waals surface area (Å²) in [6.07, 6.45) is 1.93. The average Bonchev–Trinajstić information content (AvgIpc) is 3.04. The van der Waals surface area contributed by atoms with Crippen LogP contribution in [0.1, 0.15) is 5.82 Å². The average molecular weight is 243 g/mol. The van der Waals surface area contributed by atoms with Gasteiger partial charge in [0.15, 0.2) is 11.5 Å². The molecule has 0 saturated carbocycles. The van der Waals surface area contributed by atoms with Crippen LogP contribution in [0, 0.1) is 0 Å². The van der Waals surface area contributed by atoms with Gasteiger partial charge < -0.3 is 19.4 Å². The molecule has 2 aliphatic rings. The highest BCUT2D eigenvalue weighted by Gasteiger charge is 2.18. The number of imidazole rings is 1. The van der Waals surface area contributed by atoms with Crippen molar-refractivity contribution in [3.8, 4) is 22.8 Å². The van der Waals surface area contributed by atoms with Crippen molar-refractivity contribution < 1.29 is 9.47 Å². The molecule has 0 amide bonds. The van der Waals surface area contributed by atoms with E-state index < -0.39 is 0 Å². The van der Waals surface area contributed by atoms with Crippen molar-refractivity contribution in [3.05, 3.63) is 30.2 Å². The van der Waals surface area contributed by atoms with Gasteiger partial charge >= 0.3 is 0 Å². The quantitative estimate of drug-likeness (QED) is 0.822. The molecule has 2 aromatic rings. The highest BCUT2D eigenvalue weighted by atomic mass is 16.7. The molecule has 0 bridgehead atoms. The first-order valence-electron chi connectivity index (χ1n) is 6.07. The Balaban J connectivity index is 1.81. The molecule has 3 heterocycles. The third kappa shape index (κ3) is 1.41. The van der Waals surface area contributed by atoms with E-state index in [1.54, 1.807) is 0 Å². The molecule has 2 aliphatic heterocycles. The number of rotatable bonds is 1. The molecule has 0 radical (unpaired) electrons. The maximum atomic E-state index is 5.42. The number of ether oxygens (including phenoxy) is 2. The van der Waals surface area contributed by atoms with Crippen molar-refractivity contribution in [2.24, 2.45) is 0 Å². The molecule has 0 spiro atoms. The van der Waals surface area contributed by atoms with Crippen molar-refractivity contribution in [3.63, 3.8) is 0 Å². The Morgan fingerprint density at radius 2 is 2.17 bits per heavy atom. The van der Waals surface area contributed by atoms with E-state index in [1.165, 1.54) is 0 Å². The Labute approximate surface area is 104 Å². The third-order valence-corrected chi connectivity index (χ3v) is 3.40. The van der Waals surface area contributed by atoms with Gasteiger partial charge in [0.2, 0.25) is 6.79 Å². The second-order valence-corrected chi connectivity index (χ2v) is 4.46. The number of benzene rings is 1. The molecule has 1 N–H and O–H groups in total. The minimum atomic E-state index is 0.313. The van der Waals surface area contributed by atoms with Crippen molar-refractivity contribution in [2.75, 3.05) is 13.3 Å². The number of aromatic nitrogens is 2. The zero-order valence-corrected chi connectivity index (χ0v) is 9.85. The van der Waals surface area contributed by atoms with E-state index in [-0.39, 0.29) is 0 Å². The Morgan fingerprint density at radius 1 is 1.22 bits per heavy atom. The summed E-state index contributed by atoms with van der Waals surface area (Å²) < 4.78 is 13.0. The van der Waals surface area contributed by atoms with Crippen LogP contribution in [0.15, 0.2) is 24.4 Å². The predicted octanol–water partition coefficient (Wildman–Crippen LogP) is 1.38. The summed E-state index contributed by atoms with van der Waals surface area (Å²) in [5.41, 5.74) is 2.27. The summed E-state index contributed by atoms with van der Waals surface area (Å²) in [6, 6.07) is 6.03. The standard InChI is InChI=1S/C13H13N3O2/c1-2-11-12(18-8-17-11)5-9(1)10-6-15-13-7-14-3-4-16(10)13/h1-2,5-6,14H,3-4,7-8H2. The Bertz CT molecular complexity index is 606. The van der Waals surface area contributed by atoms with E-state index in [0.717, 1.165) is 48.2 Å². The summed E-state index contributed by atoms with van der Waals surface area (Å²) in [5.74, 6) is 2.73. The van der Waals surface area contributed by atoms with Gasteiger partial charge in [0.05, 0.1) is 18.4 Å². The molecule has 0 unspecified atom stereocenters. The molecule has 5 heteroatoms. The molecular weight excluding hydrogens is 230 g/mol. The zero-order valence-electron chi connectivity index (χ0n) is 9.85. The van der Waals surface area contributed by atoms with Crippen LogP contribution in [-0.4, -0.2) is 22.9 Å². The fourth-order valence-electron chi connectivity index (χ4n) is 2.48. The maximum Gasteiger partial charge on any atom is 0.231 e. The Morgan fingerprint density at radius 3 is 3.17 bits per heavy atom. The molecule has 0 atom stereocenters. The second kappa shape index (κ2) is 3.74. The predicted molar refractivity (Wildman–Crippen MR) is 65.5 cm³/mol. The van der Waals surface area contributed by atoms with Crippen LogP contribution in [0.2, 0.25) is 0 Å². The third-order valence-electron chi connectivity index (χ3n) is 3.40. The van der Waals surface area contributed by atoms with Gasteiger partial charge in [-0.25, -0.2) is 4.98 Å². The van der Waals surface area contributed by atoms with Crippen LogP contribution in [-0.2, 0) is 13.1 Å². The minimum absolute atomic E-state index is 0.313. The lowest BCUT2D eigenvalue weighted by molar-refractivity contribution is 0.174. The van der Waals surface area contributed by atoms with Crippen LogP contribution in [0.3, 0.4) is 0 Å². The summed E-state index contributed by atoms with van der Waals surface area (Å²) in [5, 5.41) is 3.32. The van der Waals surface area contributed by atoms with E-state index in [0.29, 0.717) is 6.79 Å². The number of hydrogen-bond acceptors (Lipinski definition) is 4. The first-order chi connectivity index (χ1) is 8.92. The van der Waals surface area contributed by atoms with Gasteiger partial charge in [0, 0.05) is 18.7 Å². The monoisotopic (exact) mass is 243 g/mol. The van der Waals surface area contributed by atoms with Crippen molar-refractivity contribution in [1.29, 1.82) is 0 Å². The second-order valence-electron chi connectivity index (χ2n) is 4.46. The number of hydrogen-bond donors (Lipinski definition) is 1. The van der Waals surface area contributed by atoms with E-state index in [2.05, 4.69) is 20.9 Å². The molecule has 0 saturated heterocycles. The summed E-state index contributed by atoms with van der Waals surface area (Å²) in [4.78, 5) is 4.46. The molecule has 5 nitrogen and oxygen atoms in total. The van der Waals surface area contributed by atoms with Crippen LogP contribution < -0.4 is 14.8 Å². The number of fused-ring (bicyclic) bond motifs is 2. The van der Waals surface area contributed by atoms with Gasteiger partial charge in [0.25, 0.3) is 0 Å². The number of nitrogens with zero attached hydrogens (tertiary/aromatic N) is 2. The molecule has 0 aliphatic carbocycles. The highest BCUT2D eigenvalue weighted by molar-refractivity contribution is 5.64. The summed E-state index contributed by atoms with van der Waals surface area (Å²) in [7, 11) is 0. The first-order valence-corrected chi connectivity index (χ1v) is 6.07. The van der Waals surface area contributed by atoms with Gasteiger partial charge in [0.1, 0.15) is 5.82 Å². The van der Waals surface area contributed by atoms with Gasteiger partial charge in [-0.15, -0.1) is 0 Å². The first kappa shape index (κ1) is 9.96. The van der Waals surface area contributed by atoms with E-state index in [4.69, 9.17) is 9.47 Å². The zero-order chi connectivity index (χ0) is 11.9. The fraction of sp³-hybridized carbons (Fsp3) is 0.308. The normalized spacial score (nSPS) is 16.7. The van der Waals surface area contributed by atoms with E-state index in [1.807, 2.05) is 18.3 Å². The molecule has 92 valence electrons. The SMILES string of the molecule is c1cc2c(cc1-c1cnc3n1CCNC3)OCO2. The van der Waals surface area contributed by atoms with Crippen LogP contribution >= 0.6 is 0 Å². The van der Waals surface area contributed by atoms with Gasteiger partial charge in [-0.3, -0.25) is 0 Å². The molecule has 18 heavy (non-hydrogen) atoms. The van der Waals surface area contributed by atoms with Gasteiger partial charge in [-0.05, 0) is 18.2 Å². The topological polar surface area (TPSA) is 48.3 Å².